The molecule has 1 fully saturated rings. The van der Waals surface area contributed by atoms with Gasteiger partial charge in [0.05, 0.1) is 10.6 Å². The smallest absolute Gasteiger partial charge is 0.256 e. The zero-order valence-electron chi connectivity index (χ0n) is 17.2. The zero-order valence-corrected chi connectivity index (χ0v) is 18.8. The molecule has 9 heteroatoms. The molecular formula is C22H22ClN5O2S. The van der Waals surface area contributed by atoms with Crippen LogP contribution in [0.2, 0.25) is 5.02 Å². The number of aromatic nitrogens is 2. The van der Waals surface area contributed by atoms with Crippen molar-refractivity contribution in [1.29, 1.82) is 0 Å². The molecule has 1 atom stereocenters. The summed E-state index contributed by atoms with van der Waals surface area (Å²) in [5.74, 6) is -0.495. The number of nitrogens with one attached hydrogen (secondary N) is 1. The molecule has 1 unspecified atom stereocenters. The first-order chi connectivity index (χ1) is 14.9. The van der Waals surface area contributed by atoms with Gasteiger partial charge < -0.3 is 9.80 Å². The van der Waals surface area contributed by atoms with Crippen molar-refractivity contribution in [2.45, 2.75) is 18.9 Å². The summed E-state index contributed by atoms with van der Waals surface area (Å²) in [4.78, 5) is 29.4. The van der Waals surface area contributed by atoms with Gasteiger partial charge in [-0.05, 0) is 49.2 Å². The molecule has 2 amide bonds. The topological polar surface area (TPSA) is 78.4 Å². The maximum atomic E-state index is 12.9. The average Bonchev–Trinajstić information content (AvgIpc) is 3.43. The first kappa shape index (κ1) is 21.3. The summed E-state index contributed by atoms with van der Waals surface area (Å²) < 4.78 is 0. The average molecular weight is 456 g/mol. The molecule has 0 bridgehead atoms. The standard InChI is InChI=1S/C22H22ClN5O2S/c1-27(2)15-11-9-14(10-12-15)20-25-26-22(31-20)24-19(29)18-8-5-13-28(18)21(30)16-6-3-4-7-17(16)23/h3-4,6-7,9-12,18H,5,8,13H2,1-2H3,(H,24,26,29). The molecule has 0 aliphatic carbocycles. The van der Waals surface area contributed by atoms with Crippen molar-refractivity contribution in [1.82, 2.24) is 15.1 Å². The van der Waals surface area contributed by atoms with Gasteiger partial charge in [-0.3, -0.25) is 14.9 Å². The second kappa shape index (κ2) is 9.03. The van der Waals surface area contributed by atoms with E-state index >= 15 is 0 Å². The largest absolute Gasteiger partial charge is 0.378 e. The summed E-state index contributed by atoms with van der Waals surface area (Å²) in [6, 6.07) is 14.3. The molecule has 31 heavy (non-hydrogen) atoms. The number of nitrogens with zero attached hydrogens (tertiary/aromatic N) is 4. The Bertz CT molecular complexity index is 1100. The van der Waals surface area contributed by atoms with Gasteiger partial charge in [0.15, 0.2) is 0 Å². The van der Waals surface area contributed by atoms with E-state index in [4.69, 9.17) is 11.6 Å². The van der Waals surface area contributed by atoms with E-state index in [0.29, 0.717) is 28.7 Å². The van der Waals surface area contributed by atoms with Crippen molar-refractivity contribution in [3.8, 4) is 10.6 Å². The number of hydrogen-bond acceptors (Lipinski definition) is 6. The van der Waals surface area contributed by atoms with Crippen molar-refractivity contribution in [3.05, 3.63) is 59.1 Å². The Morgan fingerprint density at radius 1 is 1.13 bits per heavy atom. The summed E-state index contributed by atoms with van der Waals surface area (Å²) in [5.41, 5.74) is 2.43. The van der Waals surface area contributed by atoms with Gasteiger partial charge in [-0.15, -0.1) is 10.2 Å². The van der Waals surface area contributed by atoms with Crippen molar-refractivity contribution in [2.75, 3.05) is 30.9 Å². The molecule has 3 aromatic rings. The maximum absolute atomic E-state index is 12.9. The second-order valence-electron chi connectivity index (χ2n) is 7.48. The van der Waals surface area contributed by atoms with Crippen molar-refractivity contribution < 1.29 is 9.59 Å². The molecule has 1 aromatic heterocycles. The van der Waals surface area contributed by atoms with Crippen molar-refractivity contribution in [3.63, 3.8) is 0 Å². The second-order valence-corrected chi connectivity index (χ2v) is 8.86. The van der Waals surface area contributed by atoms with E-state index in [1.807, 2.05) is 43.3 Å². The lowest BCUT2D eigenvalue weighted by Gasteiger charge is -2.24. The minimum atomic E-state index is -0.560. The molecule has 4 rings (SSSR count). The Kier molecular flexibility index (Phi) is 6.20. The van der Waals surface area contributed by atoms with E-state index in [0.717, 1.165) is 22.7 Å². The summed E-state index contributed by atoms with van der Waals surface area (Å²) in [6.45, 7) is 0.516. The van der Waals surface area contributed by atoms with Crippen LogP contribution >= 0.6 is 22.9 Å². The zero-order chi connectivity index (χ0) is 22.0. The predicted molar refractivity (Wildman–Crippen MR) is 124 cm³/mol. The number of carbonyl (C=O) groups excluding carboxylic acids is 2. The SMILES string of the molecule is CN(C)c1ccc(-c2nnc(NC(=O)C3CCCN3C(=O)c3ccccc3Cl)s2)cc1. The van der Waals surface area contributed by atoms with Crippen molar-refractivity contribution in [2.24, 2.45) is 0 Å². The van der Waals surface area contributed by atoms with Crippen LogP contribution < -0.4 is 10.2 Å². The summed E-state index contributed by atoms with van der Waals surface area (Å²) >= 11 is 7.48. The van der Waals surface area contributed by atoms with Gasteiger partial charge in [-0.25, -0.2) is 0 Å². The number of halogens is 1. The lowest BCUT2D eigenvalue weighted by atomic mass is 10.1. The van der Waals surface area contributed by atoms with Crippen LogP contribution in [0, 0.1) is 0 Å². The predicted octanol–water partition coefficient (Wildman–Crippen LogP) is 4.17. The van der Waals surface area contributed by atoms with Crippen LogP contribution in [0.1, 0.15) is 23.2 Å². The van der Waals surface area contributed by atoms with Gasteiger partial charge in [0.2, 0.25) is 11.0 Å². The van der Waals surface area contributed by atoms with Gasteiger partial charge >= 0.3 is 0 Å². The Morgan fingerprint density at radius 2 is 1.87 bits per heavy atom. The fraction of sp³-hybridized carbons (Fsp3) is 0.273. The Hall–Kier alpha value is -2.97. The van der Waals surface area contributed by atoms with Gasteiger partial charge in [0.25, 0.3) is 5.91 Å². The molecule has 0 saturated carbocycles. The summed E-state index contributed by atoms with van der Waals surface area (Å²) in [5, 5.41) is 12.6. The number of anilines is 2. The van der Waals surface area contributed by atoms with Gasteiger partial charge in [-0.1, -0.05) is 35.1 Å². The number of amides is 2. The third-order valence-corrected chi connectivity index (χ3v) is 6.42. The highest BCUT2D eigenvalue weighted by Gasteiger charge is 2.35. The highest BCUT2D eigenvalue weighted by Crippen LogP contribution is 2.29. The minimum absolute atomic E-state index is 0.234. The minimum Gasteiger partial charge on any atom is -0.378 e. The Labute approximate surface area is 189 Å². The molecular weight excluding hydrogens is 434 g/mol. The normalized spacial score (nSPS) is 15.7. The maximum Gasteiger partial charge on any atom is 0.256 e. The first-order valence-electron chi connectivity index (χ1n) is 9.91. The number of carbonyl (C=O) groups is 2. The number of rotatable bonds is 5. The van der Waals surface area contributed by atoms with E-state index in [2.05, 4.69) is 15.5 Å². The molecule has 160 valence electrons. The van der Waals surface area contributed by atoms with E-state index in [1.54, 1.807) is 29.2 Å². The van der Waals surface area contributed by atoms with Crippen LogP contribution in [-0.4, -0.2) is 53.6 Å². The third-order valence-electron chi connectivity index (χ3n) is 5.21. The van der Waals surface area contributed by atoms with Gasteiger partial charge in [0.1, 0.15) is 11.0 Å². The monoisotopic (exact) mass is 455 g/mol. The molecule has 1 aliphatic heterocycles. The van der Waals surface area contributed by atoms with Gasteiger partial charge in [0, 0.05) is 31.9 Å². The first-order valence-corrected chi connectivity index (χ1v) is 11.1. The molecule has 2 heterocycles. The lowest BCUT2D eigenvalue weighted by molar-refractivity contribution is -0.119. The third kappa shape index (κ3) is 4.55. The van der Waals surface area contributed by atoms with Crippen LogP contribution in [0.25, 0.3) is 10.6 Å². The molecule has 2 aromatic carbocycles. The van der Waals surface area contributed by atoms with Crippen LogP contribution in [-0.2, 0) is 4.79 Å². The molecule has 7 nitrogen and oxygen atoms in total. The molecule has 1 aliphatic rings. The number of benzene rings is 2. The summed E-state index contributed by atoms with van der Waals surface area (Å²) in [6.07, 6.45) is 1.35. The molecule has 1 N–H and O–H groups in total. The van der Waals surface area contributed by atoms with Crippen LogP contribution in [0.3, 0.4) is 0 Å². The van der Waals surface area contributed by atoms with Crippen LogP contribution in [0.15, 0.2) is 48.5 Å². The fourth-order valence-electron chi connectivity index (χ4n) is 3.55. The summed E-state index contributed by atoms with van der Waals surface area (Å²) in [7, 11) is 3.97. The fourth-order valence-corrected chi connectivity index (χ4v) is 4.52. The Balaban J connectivity index is 1.45. The molecule has 0 radical (unpaired) electrons. The lowest BCUT2D eigenvalue weighted by Crippen LogP contribution is -2.43. The van der Waals surface area contributed by atoms with E-state index in [-0.39, 0.29) is 11.8 Å². The van der Waals surface area contributed by atoms with E-state index in [9.17, 15) is 9.59 Å². The van der Waals surface area contributed by atoms with Crippen molar-refractivity contribution >= 4 is 45.6 Å². The quantitative estimate of drug-likeness (QED) is 0.624. The molecule has 0 spiro atoms. The Morgan fingerprint density at radius 3 is 2.58 bits per heavy atom. The molecule has 1 saturated heterocycles. The van der Waals surface area contributed by atoms with Crippen LogP contribution in [0.4, 0.5) is 10.8 Å². The number of likely N-dealkylation sites (tertiary alicyclic amines) is 1. The highest BCUT2D eigenvalue weighted by molar-refractivity contribution is 7.18. The van der Waals surface area contributed by atoms with E-state index in [1.165, 1.54) is 11.3 Å². The number of hydrogen-bond donors (Lipinski definition) is 1. The van der Waals surface area contributed by atoms with E-state index < -0.39 is 6.04 Å². The van der Waals surface area contributed by atoms with Gasteiger partial charge in [-0.2, -0.15) is 0 Å². The highest BCUT2D eigenvalue weighted by atomic mass is 35.5. The van der Waals surface area contributed by atoms with Crippen LogP contribution in [0.5, 0.6) is 0 Å².